The summed E-state index contributed by atoms with van der Waals surface area (Å²) in [7, 11) is 0. The van der Waals surface area contributed by atoms with Gasteiger partial charge in [-0.2, -0.15) is 0 Å². The highest BCUT2D eigenvalue weighted by atomic mass is 32.2. The minimum atomic E-state index is -2.40. The van der Waals surface area contributed by atoms with E-state index in [9.17, 15) is 9.00 Å². The van der Waals surface area contributed by atoms with Crippen molar-refractivity contribution >= 4 is 22.8 Å². The molecule has 0 aliphatic carbocycles. The van der Waals surface area contributed by atoms with E-state index in [2.05, 4.69) is 49.2 Å². The lowest BCUT2D eigenvalue weighted by atomic mass is 9.99. The van der Waals surface area contributed by atoms with Crippen LogP contribution >= 0.6 is 0 Å². The van der Waals surface area contributed by atoms with E-state index in [0.29, 0.717) is 5.65 Å². The van der Waals surface area contributed by atoms with Gasteiger partial charge >= 0.3 is 0 Å². The van der Waals surface area contributed by atoms with Crippen molar-refractivity contribution in [2.45, 2.75) is 13.8 Å². The molecule has 2 aromatic heterocycles. The summed E-state index contributed by atoms with van der Waals surface area (Å²) in [6, 6.07) is 17.9. The van der Waals surface area contributed by atoms with Crippen LogP contribution in [0.5, 0.6) is 0 Å². The maximum Gasteiger partial charge on any atom is 0.266 e. The van der Waals surface area contributed by atoms with E-state index in [1.54, 1.807) is 22.7 Å². The summed E-state index contributed by atoms with van der Waals surface area (Å²) in [6.07, 6.45) is 3.41. The molecule has 29 heavy (non-hydrogen) atoms. The van der Waals surface area contributed by atoms with Crippen molar-refractivity contribution in [1.82, 2.24) is 14.1 Å². The summed E-state index contributed by atoms with van der Waals surface area (Å²) in [5.74, 6) is -0.624. The van der Waals surface area contributed by atoms with Gasteiger partial charge in [0.25, 0.3) is 17.2 Å². The van der Waals surface area contributed by atoms with Gasteiger partial charge in [0.1, 0.15) is 5.65 Å². The second-order valence-corrected chi connectivity index (χ2v) is 7.57. The van der Waals surface area contributed by atoms with Gasteiger partial charge in [0.15, 0.2) is 0 Å². The van der Waals surface area contributed by atoms with Crippen LogP contribution in [0.3, 0.4) is 0 Å². The lowest BCUT2D eigenvalue weighted by molar-refractivity contribution is 0.0980. The first kappa shape index (κ1) is 19.0. The molecular formula is C22H19N3O3S. The molecule has 146 valence electrons. The number of aryl methyl sites for hydroxylation is 2. The molecule has 0 saturated carbocycles. The summed E-state index contributed by atoms with van der Waals surface area (Å²) in [6.45, 7) is 4.21. The smallest absolute Gasteiger partial charge is 0.266 e. The number of nitrogens with zero attached hydrogens (tertiary/aromatic N) is 2. The predicted molar refractivity (Wildman–Crippen MR) is 114 cm³/mol. The van der Waals surface area contributed by atoms with Crippen molar-refractivity contribution in [3.8, 4) is 22.4 Å². The molecule has 1 amide bonds. The van der Waals surface area contributed by atoms with E-state index in [1.165, 1.54) is 16.7 Å². The molecule has 0 bridgehead atoms. The predicted octanol–water partition coefficient (Wildman–Crippen LogP) is 4.15. The Hall–Kier alpha value is -3.29. The number of amides is 1. The van der Waals surface area contributed by atoms with Crippen LogP contribution in [0.1, 0.15) is 21.5 Å². The molecule has 0 spiro atoms. The molecule has 0 saturated heterocycles. The fourth-order valence-electron chi connectivity index (χ4n) is 3.16. The first-order chi connectivity index (χ1) is 13.9. The summed E-state index contributed by atoms with van der Waals surface area (Å²) in [4.78, 5) is 16.5. The lowest BCUT2D eigenvalue weighted by Crippen LogP contribution is -2.25. The van der Waals surface area contributed by atoms with E-state index in [0.717, 1.165) is 16.8 Å². The fourth-order valence-corrected chi connectivity index (χ4v) is 3.43. The van der Waals surface area contributed by atoms with Gasteiger partial charge in [0.05, 0.1) is 11.3 Å². The molecular weight excluding hydrogens is 386 g/mol. The third-order valence-corrected chi connectivity index (χ3v) is 5.27. The molecule has 0 aliphatic rings. The molecule has 2 heterocycles. The Labute approximate surface area is 170 Å². The van der Waals surface area contributed by atoms with E-state index >= 15 is 0 Å². The molecule has 0 fully saturated rings. The number of nitrogens with one attached hydrogen (secondary N) is 1. The van der Waals surface area contributed by atoms with Crippen molar-refractivity contribution < 1.29 is 13.6 Å². The monoisotopic (exact) mass is 405 g/mol. The highest BCUT2D eigenvalue weighted by molar-refractivity contribution is 7.77. The Bertz CT molecular complexity index is 1250. The van der Waals surface area contributed by atoms with Crippen LogP contribution in [0, 0.1) is 13.8 Å². The van der Waals surface area contributed by atoms with E-state index in [1.807, 2.05) is 23.1 Å². The van der Waals surface area contributed by atoms with Crippen molar-refractivity contribution in [2.24, 2.45) is 0 Å². The Kier molecular flexibility index (Phi) is 5.00. The number of benzene rings is 2. The molecule has 4 aromatic rings. The van der Waals surface area contributed by atoms with E-state index in [-0.39, 0.29) is 5.56 Å². The van der Waals surface area contributed by atoms with Gasteiger partial charge in [-0.1, -0.05) is 42.5 Å². The Morgan fingerprint density at radius 2 is 1.62 bits per heavy atom. The molecule has 2 N–H and O–H groups in total. The number of imidazole rings is 1. The average Bonchev–Trinajstić information content (AvgIpc) is 3.13. The van der Waals surface area contributed by atoms with Crippen molar-refractivity contribution in [1.29, 1.82) is 0 Å². The number of hydrogen-bond acceptors (Lipinski definition) is 3. The van der Waals surface area contributed by atoms with Crippen LogP contribution in [0.25, 0.3) is 28.0 Å². The summed E-state index contributed by atoms with van der Waals surface area (Å²) < 4.78 is 23.2. The van der Waals surface area contributed by atoms with Crippen LogP contribution in [0.4, 0.5) is 0 Å². The number of aromatic nitrogens is 2. The first-order valence-corrected chi connectivity index (χ1v) is 10.1. The Balaban J connectivity index is 1.63. The molecule has 1 atom stereocenters. The Morgan fingerprint density at radius 3 is 2.31 bits per heavy atom. The summed E-state index contributed by atoms with van der Waals surface area (Å²) in [5.41, 5.74) is 7.53. The number of rotatable bonds is 4. The fraction of sp³-hybridized carbons (Fsp3) is 0.0909. The van der Waals surface area contributed by atoms with E-state index < -0.39 is 17.2 Å². The zero-order chi connectivity index (χ0) is 20.5. The maximum atomic E-state index is 11.9. The SMILES string of the molecule is Cc1ccc(-c2ccc(-c3cn4cc(C(=O)NS(=O)O)ccc4n3)cc2)cc1C. The quantitative estimate of drug-likeness (QED) is 0.500. The number of pyridine rings is 1. The third kappa shape index (κ3) is 3.96. The van der Waals surface area contributed by atoms with Crippen molar-refractivity contribution in [3.05, 3.63) is 83.7 Å². The molecule has 0 aliphatic heterocycles. The largest absolute Gasteiger partial charge is 0.306 e. The maximum absolute atomic E-state index is 11.9. The zero-order valence-electron chi connectivity index (χ0n) is 15.9. The average molecular weight is 405 g/mol. The molecule has 7 heteroatoms. The molecule has 0 radical (unpaired) electrons. The molecule has 2 aromatic carbocycles. The molecule has 1 unspecified atom stereocenters. The standard InChI is InChI=1S/C22H19N3O3S/c1-14-3-4-18(11-15(14)2)16-5-7-17(8-6-16)20-13-25-12-19(9-10-21(25)23-20)22(26)24-29(27)28/h3-13H,1-2H3,(H,24,26)(H,27,28). The van der Waals surface area contributed by atoms with Gasteiger partial charge in [-0.15, -0.1) is 0 Å². The molecule has 6 nitrogen and oxygen atoms in total. The summed E-state index contributed by atoms with van der Waals surface area (Å²) >= 11 is -2.40. The van der Waals surface area contributed by atoms with Crippen molar-refractivity contribution in [2.75, 3.05) is 0 Å². The van der Waals surface area contributed by atoms with Crippen molar-refractivity contribution in [3.63, 3.8) is 0 Å². The van der Waals surface area contributed by atoms with Gasteiger partial charge in [0.2, 0.25) is 0 Å². The third-order valence-electron chi connectivity index (χ3n) is 4.91. The van der Waals surface area contributed by atoms with Gasteiger partial charge in [-0.05, 0) is 48.2 Å². The highest BCUT2D eigenvalue weighted by Crippen LogP contribution is 2.26. The van der Waals surface area contributed by atoms with Gasteiger partial charge in [0, 0.05) is 18.0 Å². The Morgan fingerprint density at radius 1 is 0.931 bits per heavy atom. The van der Waals surface area contributed by atoms with Gasteiger partial charge in [-0.25, -0.2) is 13.9 Å². The second kappa shape index (κ2) is 7.62. The second-order valence-electron chi connectivity index (χ2n) is 6.87. The topological polar surface area (TPSA) is 83.7 Å². The first-order valence-electron chi connectivity index (χ1n) is 8.99. The number of carbonyl (C=O) groups is 1. The number of fused-ring (bicyclic) bond motifs is 1. The van der Waals surface area contributed by atoms with Crippen LogP contribution in [-0.4, -0.2) is 24.1 Å². The van der Waals surface area contributed by atoms with Crippen LogP contribution in [0.15, 0.2) is 67.0 Å². The minimum Gasteiger partial charge on any atom is -0.306 e. The minimum absolute atomic E-state index is 0.272. The van der Waals surface area contributed by atoms with Crippen LogP contribution in [0.2, 0.25) is 0 Å². The normalized spacial score (nSPS) is 12.1. The summed E-state index contributed by atoms with van der Waals surface area (Å²) in [5, 5.41) is 0. The van der Waals surface area contributed by atoms with Crippen LogP contribution in [-0.2, 0) is 11.3 Å². The zero-order valence-corrected chi connectivity index (χ0v) is 16.7. The van der Waals surface area contributed by atoms with Crippen LogP contribution < -0.4 is 4.72 Å². The molecule has 4 rings (SSSR count). The lowest BCUT2D eigenvalue weighted by Gasteiger charge is -2.06. The highest BCUT2D eigenvalue weighted by Gasteiger charge is 2.11. The number of carbonyl (C=O) groups excluding carboxylic acids is 1. The van der Waals surface area contributed by atoms with Gasteiger partial charge in [-0.3, -0.25) is 9.35 Å². The van der Waals surface area contributed by atoms with E-state index in [4.69, 9.17) is 4.55 Å². The van der Waals surface area contributed by atoms with Gasteiger partial charge < -0.3 is 4.40 Å². The number of hydrogen-bond donors (Lipinski definition) is 2.